The molecule has 0 saturated carbocycles. The largest absolute Gasteiger partial charge is 0.356 e. The first-order chi connectivity index (χ1) is 12.1. The second kappa shape index (κ2) is 10.4. The fourth-order valence-corrected chi connectivity index (χ4v) is 3.80. The molecule has 0 bridgehead atoms. The number of likely N-dealkylation sites (N-methyl/N-ethyl adjacent to an activating group) is 1. The van der Waals surface area contributed by atoms with Crippen LogP contribution >= 0.6 is 11.3 Å². The van der Waals surface area contributed by atoms with Gasteiger partial charge in [-0.25, -0.2) is 9.98 Å². The monoisotopic (exact) mass is 365 g/mol. The Morgan fingerprint density at radius 2 is 2.00 bits per heavy atom. The van der Waals surface area contributed by atoms with Crippen molar-refractivity contribution in [1.82, 2.24) is 20.5 Å². The number of nitrogens with one attached hydrogen (secondary N) is 2. The highest BCUT2D eigenvalue weighted by Crippen LogP contribution is 2.26. The second-order valence-corrected chi connectivity index (χ2v) is 7.76. The lowest BCUT2D eigenvalue weighted by Crippen LogP contribution is -2.40. The van der Waals surface area contributed by atoms with Gasteiger partial charge in [0.25, 0.3) is 0 Å². The van der Waals surface area contributed by atoms with Crippen LogP contribution in [0.1, 0.15) is 48.2 Å². The summed E-state index contributed by atoms with van der Waals surface area (Å²) in [7, 11) is 3.50. The van der Waals surface area contributed by atoms with E-state index in [-0.39, 0.29) is 12.5 Å². The molecule has 1 aromatic heterocycles. The number of carbonyl (C=O) groups excluding carboxylic acids is 1. The van der Waals surface area contributed by atoms with Crippen molar-refractivity contribution in [2.45, 2.75) is 51.9 Å². The molecule has 0 aliphatic heterocycles. The van der Waals surface area contributed by atoms with Gasteiger partial charge in [-0.15, -0.1) is 11.3 Å². The molecule has 1 amide bonds. The summed E-state index contributed by atoms with van der Waals surface area (Å²) in [6.45, 7) is 3.97. The van der Waals surface area contributed by atoms with Gasteiger partial charge in [0.1, 0.15) is 6.54 Å². The standard InChI is InChI=1S/C18H31N5OS/c1-4-5-11-19-18(21-13-17(24)23(2)3)20-12-10-16-22-14-8-6-7-9-15(14)25-16/h4-13H2,1-3H3,(H2,19,20,21). The normalized spacial score (nSPS) is 14.1. The molecule has 2 rings (SSSR count). The molecule has 2 N–H and O–H groups in total. The molecule has 0 unspecified atom stereocenters. The first kappa shape index (κ1) is 19.7. The van der Waals surface area contributed by atoms with Crippen molar-refractivity contribution >= 4 is 23.2 Å². The van der Waals surface area contributed by atoms with Gasteiger partial charge in [-0.2, -0.15) is 0 Å². The summed E-state index contributed by atoms with van der Waals surface area (Å²) in [5.41, 5.74) is 1.32. The third-order valence-corrected chi connectivity index (χ3v) is 5.43. The molecule has 0 saturated heterocycles. The number of rotatable bonds is 8. The number of nitrogens with zero attached hydrogens (tertiary/aromatic N) is 3. The van der Waals surface area contributed by atoms with Crippen LogP contribution in [0.2, 0.25) is 0 Å². The third-order valence-electron chi connectivity index (χ3n) is 4.22. The average molecular weight is 366 g/mol. The number of thiazole rings is 1. The molecule has 25 heavy (non-hydrogen) atoms. The molecule has 140 valence electrons. The van der Waals surface area contributed by atoms with Gasteiger partial charge in [-0.3, -0.25) is 4.79 Å². The molecule has 1 aliphatic carbocycles. The maximum atomic E-state index is 11.7. The number of amides is 1. The average Bonchev–Trinajstić information content (AvgIpc) is 3.01. The fraction of sp³-hybridized carbons (Fsp3) is 0.722. The highest BCUT2D eigenvalue weighted by Gasteiger charge is 2.14. The highest BCUT2D eigenvalue weighted by atomic mass is 32.1. The molecular weight excluding hydrogens is 334 g/mol. The molecule has 0 radical (unpaired) electrons. The first-order valence-corrected chi connectivity index (χ1v) is 10.1. The molecule has 0 fully saturated rings. The number of aromatic nitrogens is 1. The van der Waals surface area contributed by atoms with E-state index in [9.17, 15) is 4.79 Å². The maximum absolute atomic E-state index is 11.7. The molecule has 1 aliphatic rings. The SMILES string of the molecule is CCCCNC(=NCC(=O)N(C)C)NCCc1nc2c(s1)CCCC2. The van der Waals surface area contributed by atoms with Crippen molar-refractivity contribution < 1.29 is 4.79 Å². The maximum Gasteiger partial charge on any atom is 0.243 e. The number of aliphatic imine (C=N–C) groups is 1. The number of guanidine groups is 1. The number of hydrogen-bond acceptors (Lipinski definition) is 4. The zero-order valence-corrected chi connectivity index (χ0v) is 16.5. The van der Waals surface area contributed by atoms with Gasteiger partial charge in [-0.1, -0.05) is 13.3 Å². The quantitative estimate of drug-likeness (QED) is 0.420. The van der Waals surface area contributed by atoms with E-state index in [2.05, 4.69) is 22.5 Å². The van der Waals surface area contributed by atoms with Gasteiger partial charge in [0.2, 0.25) is 5.91 Å². The van der Waals surface area contributed by atoms with Crippen LogP contribution in [0.15, 0.2) is 4.99 Å². The summed E-state index contributed by atoms with van der Waals surface area (Å²) < 4.78 is 0. The smallest absolute Gasteiger partial charge is 0.243 e. The van der Waals surface area contributed by atoms with E-state index in [0.717, 1.165) is 38.8 Å². The summed E-state index contributed by atoms with van der Waals surface area (Å²) in [4.78, 5) is 24.0. The van der Waals surface area contributed by atoms with Crippen LogP contribution < -0.4 is 10.6 Å². The van der Waals surface area contributed by atoms with Crippen molar-refractivity contribution in [1.29, 1.82) is 0 Å². The van der Waals surface area contributed by atoms with Crippen molar-refractivity contribution in [2.24, 2.45) is 4.99 Å². The van der Waals surface area contributed by atoms with Gasteiger partial charge >= 0.3 is 0 Å². The predicted molar refractivity (Wildman–Crippen MR) is 104 cm³/mol. The van der Waals surface area contributed by atoms with E-state index < -0.39 is 0 Å². The number of aryl methyl sites for hydroxylation is 2. The summed E-state index contributed by atoms with van der Waals surface area (Å²) in [5.74, 6) is 0.717. The Morgan fingerprint density at radius 1 is 1.24 bits per heavy atom. The van der Waals surface area contributed by atoms with Crippen LogP contribution in [0.25, 0.3) is 0 Å². The summed E-state index contributed by atoms with van der Waals surface area (Å²) in [5, 5.41) is 7.84. The molecular formula is C18H31N5OS. The van der Waals surface area contributed by atoms with Crippen molar-refractivity contribution in [3.8, 4) is 0 Å². The van der Waals surface area contributed by atoms with Gasteiger partial charge in [0, 0.05) is 38.5 Å². The van der Waals surface area contributed by atoms with Crippen LogP contribution in [0.3, 0.4) is 0 Å². The fourth-order valence-electron chi connectivity index (χ4n) is 2.65. The van der Waals surface area contributed by atoms with Crippen LogP contribution in [0.4, 0.5) is 0 Å². The zero-order chi connectivity index (χ0) is 18.1. The molecule has 0 spiro atoms. The molecule has 7 heteroatoms. The lowest BCUT2D eigenvalue weighted by Gasteiger charge is -2.13. The number of carbonyl (C=O) groups is 1. The van der Waals surface area contributed by atoms with Crippen molar-refractivity contribution in [3.63, 3.8) is 0 Å². The van der Waals surface area contributed by atoms with Crippen LogP contribution in [0, 0.1) is 0 Å². The Morgan fingerprint density at radius 3 is 2.72 bits per heavy atom. The van der Waals surface area contributed by atoms with Gasteiger partial charge in [0.05, 0.1) is 10.7 Å². The molecule has 1 heterocycles. The van der Waals surface area contributed by atoms with Crippen LogP contribution in [-0.4, -0.2) is 55.5 Å². The topological polar surface area (TPSA) is 69.6 Å². The van der Waals surface area contributed by atoms with Gasteiger partial charge < -0.3 is 15.5 Å². The minimum Gasteiger partial charge on any atom is -0.356 e. The van der Waals surface area contributed by atoms with E-state index in [0.29, 0.717) is 5.96 Å². The Labute approximate surface area is 155 Å². The van der Waals surface area contributed by atoms with E-state index in [1.165, 1.54) is 34.8 Å². The van der Waals surface area contributed by atoms with Crippen molar-refractivity contribution in [2.75, 3.05) is 33.7 Å². The number of hydrogen-bond donors (Lipinski definition) is 2. The Bertz CT molecular complexity index is 559. The third kappa shape index (κ3) is 6.65. The lowest BCUT2D eigenvalue weighted by molar-refractivity contribution is -0.127. The Hall–Kier alpha value is -1.63. The van der Waals surface area contributed by atoms with Crippen LogP contribution in [0.5, 0.6) is 0 Å². The molecule has 6 nitrogen and oxygen atoms in total. The lowest BCUT2D eigenvalue weighted by atomic mass is 10.0. The highest BCUT2D eigenvalue weighted by molar-refractivity contribution is 7.11. The minimum atomic E-state index is 0.00388. The summed E-state index contributed by atoms with van der Waals surface area (Å²) in [6.07, 6.45) is 8.00. The number of fused-ring (bicyclic) bond motifs is 1. The van der Waals surface area contributed by atoms with E-state index >= 15 is 0 Å². The second-order valence-electron chi connectivity index (χ2n) is 6.59. The van der Waals surface area contributed by atoms with Gasteiger partial charge in [-0.05, 0) is 32.1 Å². The van der Waals surface area contributed by atoms with Crippen LogP contribution in [-0.2, 0) is 24.1 Å². The van der Waals surface area contributed by atoms with E-state index in [1.807, 2.05) is 11.3 Å². The van der Waals surface area contributed by atoms with Crippen molar-refractivity contribution in [3.05, 3.63) is 15.6 Å². The summed E-state index contributed by atoms with van der Waals surface area (Å²) in [6, 6.07) is 0. The summed E-state index contributed by atoms with van der Waals surface area (Å²) >= 11 is 1.86. The molecule has 1 aromatic rings. The Kier molecular flexibility index (Phi) is 8.18. The minimum absolute atomic E-state index is 0.00388. The van der Waals surface area contributed by atoms with E-state index in [4.69, 9.17) is 4.98 Å². The number of unbranched alkanes of at least 4 members (excludes halogenated alkanes) is 1. The molecule has 0 atom stereocenters. The van der Waals surface area contributed by atoms with Gasteiger partial charge in [0.15, 0.2) is 5.96 Å². The zero-order valence-electron chi connectivity index (χ0n) is 15.7. The van der Waals surface area contributed by atoms with E-state index in [1.54, 1.807) is 19.0 Å². The Balaban J connectivity index is 1.84. The first-order valence-electron chi connectivity index (χ1n) is 9.30. The molecule has 0 aromatic carbocycles. The predicted octanol–water partition coefficient (Wildman–Crippen LogP) is 1.99.